The molecule has 2 aromatic carbocycles. The number of nitrogens with zero attached hydrogens (tertiary/aromatic N) is 1. The number of nitrogens with one attached hydrogen (secondary N) is 1. The Morgan fingerprint density at radius 1 is 1.10 bits per heavy atom. The van der Waals surface area contributed by atoms with Crippen LogP contribution in [-0.2, 0) is 10.0 Å². The Morgan fingerprint density at radius 3 is 2.29 bits per heavy atom. The van der Waals surface area contributed by atoms with E-state index in [0.717, 1.165) is 14.9 Å². The Labute approximate surface area is 136 Å². The molecule has 0 heterocycles. The summed E-state index contributed by atoms with van der Waals surface area (Å²) in [5, 5.41) is 3.79. The van der Waals surface area contributed by atoms with Gasteiger partial charge in [-0.2, -0.15) is 13.5 Å². The maximum absolute atomic E-state index is 12.0. The van der Waals surface area contributed by atoms with Crippen LogP contribution in [0.2, 0.25) is 0 Å². The smallest absolute Gasteiger partial charge is 0.200 e. The Balaban J connectivity index is 2.06. The molecule has 0 saturated heterocycles. The molecule has 0 aromatic heterocycles. The highest BCUT2D eigenvalue weighted by Crippen LogP contribution is 2.15. The highest BCUT2D eigenvalue weighted by Gasteiger charge is 2.11. The molecular weight excluding hydrogens is 372 g/mol. The largest absolute Gasteiger partial charge is 0.276 e. The van der Waals surface area contributed by atoms with E-state index in [4.69, 9.17) is 0 Å². The van der Waals surface area contributed by atoms with Crippen LogP contribution in [0.25, 0.3) is 0 Å². The van der Waals surface area contributed by atoms with Gasteiger partial charge in [0.1, 0.15) is 0 Å². The molecule has 21 heavy (non-hydrogen) atoms. The molecule has 0 radical (unpaired) electrons. The maximum atomic E-state index is 12.0. The number of hydrogen-bond donors (Lipinski definition) is 1. The molecule has 0 fully saturated rings. The van der Waals surface area contributed by atoms with Crippen LogP contribution in [0, 0.1) is 0 Å². The molecule has 0 atom stereocenters. The zero-order valence-electron chi connectivity index (χ0n) is 11.2. The number of rotatable bonds is 5. The van der Waals surface area contributed by atoms with Gasteiger partial charge in [-0.1, -0.05) is 28.1 Å². The van der Waals surface area contributed by atoms with Crippen LogP contribution in [-0.4, -0.2) is 20.9 Å². The summed E-state index contributed by atoms with van der Waals surface area (Å²) in [5.74, 6) is 0. The molecule has 0 amide bonds. The van der Waals surface area contributed by atoms with Crippen LogP contribution in [0.4, 0.5) is 0 Å². The van der Waals surface area contributed by atoms with Crippen molar-refractivity contribution in [2.24, 2.45) is 5.10 Å². The van der Waals surface area contributed by atoms with Crippen molar-refractivity contribution in [2.75, 3.05) is 6.26 Å². The second kappa shape index (κ2) is 7.11. The lowest BCUT2D eigenvalue weighted by atomic mass is 10.2. The lowest BCUT2D eigenvalue weighted by Crippen LogP contribution is -2.18. The number of benzene rings is 2. The van der Waals surface area contributed by atoms with Gasteiger partial charge in [0.25, 0.3) is 10.0 Å². The Morgan fingerprint density at radius 2 is 1.71 bits per heavy atom. The number of halogens is 1. The topological polar surface area (TPSA) is 58.5 Å². The average molecular weight is 385 g/mol. The van der Waals surface area contributed by atoms with Crippen LogP contribution in [0.1, 0.15) is 5.56 Å². The molecule has 0 saturated carbocycles. The van der Waals surface area contributed by atoms with Crippen molar-refractivity contribution in [2.45, 2.75) is 9.79 Å². The summed E-state index contributed by atoms with van der Waals surface area (Å²) in [6.07, 6.45) is 3.47. The van der Waals surface area contributed by atoms with E-state index in [1.807, 2.05) is 30.5 Å². The van der Waals surface area contributed by atoms with E-state index < -0.39 is 10.0 Å². The van der Waals surface area contributed by atoms with Gasteiger partial charge in [0.05, 0.1) is 11.1 Å². The Hall–Kier alpha value is -1.31. The van der Waals surface area contributed by atoms with Crippen LogP contribution in [0.15, 0.2) is 67.9 Å². The van der Waals surface area contributed by atoms with Crippen LogP contribution in [0.3, 0.4) is 0 Å². The first-order chi connectivity index (χ1) is 10.0. The standard InChI is InChI=1S/C14H13BrN2O2S2/c1-20-13-6-2-11(3-7-13)10-16-17-21(18,19)14-8-4-12(15)5-9-14/h2-10,17H,1H3/b16-10-. The van der Waals surface area contributed by atoms with Crippen molar-refractivity contribution in [1.29, 1.82) is 0 Å². The van der Waals surface area contributed by atoms with E-state index in [2.05, 4.69) is 25.9 Å². The first-order valence-corrected chi connectivity index (χ1v) is 9.46. The minimum atomic E-state index is -3.63. The molecule has 0 bridgehead atoms. The molecule has 0 aliphatic rings. The first-order valence-electron chi connectivity index (χ1n) is 5.96. The molecule has 4 nitrogen and oxygen atoms in total. The van der Waals surface area contributed by atoms with E-state index in [1.165, 1.54) is 18.3 Å². The summed E-state index contributed by atoms with van der Waals surface area (Å²) in [4.78, 5) is 3.50. The zero-order valence-corrected chi connectivity index (χ0v) is 14.4. The fraction of sp³-hybridized carbons (Fsp3) is 0.0714. The van der Waals surface area contributed by atoms with E-state index in [-0.39, 0.29) is 4.90 Å². The van der Waals surface area contributed by atoms with Gasteiger partial charge < -0.3 is 0 Å². The summed E-state index contributed by atoms with van der Waals surface area (Å²) in [6.45, 7) is 0. The van der Waals surface area contributed by atoms with Gasteiger partial charge >= 0.3 is 0 Å². The predicted octanol–water partition coefficient (Wildman–Crippen LogP) is 3.48. The molecular formula is C14H13BrN2O2S2. The Bertz CT molecular complexity index is 727. The van der Waals surface area contributed by atoms with E-state index >= 15 is 0 Å². The molecule has 0 unspecified atom stereocenters. The van der Waals surface area contributed by atoms with Gasteiger partial charge in [-0.05, 0) is 48.2 Å². The molecule has 2 aromatic rings. The normalized spacial score (nSPS) is 11.7. The van der Waals surface area contributed by atoms with Gasteiger partial charge in [-0.25, -0.2) is 4.83 Å². The van der Waals surface area contributed by atoms with Gasteiger partial charge in [0.2, 0.25) is 0 Å². The lowest BCUT2D eigenvalue weighted by Gasteiger charge is -2.03. The van der Waals surface area contributed by atoms with Gasteiger partial charge in [-0.3, -0.25) is 0 Å². The van der Waals surface area contributed by atoms with Crippen molar-refractivity contribution < 1.29 is 8.42 Å². The van der Waals surface area contributed by atoms with Gasteiger partial charge in [0.15, 0.2) is 0 Å². The van der Waals surface area contributed by atoms with Gasteiger partial charge in [-0.15, -0.1) is 11.8 Å². The highest BCUT2D eigenvalue weighted by atomic mass is 79.9. The third-order valence-corrected chi connectivity index (χ3v) is 5.14. The number of hydrazone groups is 1. The number of sulfonamides is 1. The average Bonchev–Trinajstić information content (AvgIpc) is 2.48. The van der Waals surface area contributed by atoms with E-state index in [9.17, 15) is 8.42 Å². The van der Waals surface area contributed by atoms with Crippen LogP contribution in [0.5, 0.6) is 0 Å². The minimum absolute atomic E-state index is 0.167. The number of thioether (sulfide) groups is 1. The summed E-state index contributed by atoms with van der Waals surface area (Å²) in [5.41, 5.74) is 0.825. The molecule has 0 aliphatic heterocycles. The summed E-state index contributed by atoms with van der Waals surface area (Å²) in [6, 6.07) is 14.0. The fourth-order valence-electron chi connectivity index (χ4n) is 1.53. The number of hydrogen-bond acceptors (Lipinski definition) is 4. The molecule has 2 rings (SSSR count). The fourth-order valence-corrected chi connectivity index (χ4v) is 2.99. The minimum Gasteiger partial charge on any atom is -0.200 e. The van der Waals surface area contributed by atoms with Crippen molar-refractivity contribution in [1.82, 2.24) is 4.83 Å². The SMILES string of the molecule is CSc1ccc(/C=N\NS(=O)(=O)c2ccc(Br)cc2)cc1. The van der Waals surface area contributed by atoms with E-state index in [1.54, 1.807) is 23.9 Å². The second-order valence-corrected chi connectivity index (χ2v) is 7.54. The predicted molar refractivity (Wildman–Crippen MR) is 90.3 cm³/mol. The van der Waals surface area contributed by atoms with Crippen molar-refractivity contribution in [3.05, 3.63) is 58.6 Å². The Kier molecular flexibility index (Phi) is 5.44. The van der Waals surface area contributed by atoms with E-state index in [0.29, 0.717) is 0 Å². The molecule has 1 N–H and O–H groups in total. The molecule has 0 aliphatic carbocycles. The molecule has 110 valence electrons. The molecule has 7 heteroatoms. The maximum Gasteiger partial charge on any atom is 0.276 e. The van der Waals surface area contributed by atoms with Gasteiger partial charge in [0, 0.05) is 9.37 Å². The highest BCUT2D eigenvalue weighted by molar-refractivity contribution is 9.10. The quantitative estimate of drug-likeness (QED) is 0.487. The first kappa shape index (κ1) is 16.1. The zero-order chi connectivity index (χ0) is 15.3. The summed E-state index contributed by atoms with van der Waals surface area (Å²) in [7, 11) is -3.63. The molecule has 0 spiro atoms. The summed E-state index contributed by atoms with van der Waals surface area (Å²) >= 11 is 4.90. The lowest BCUT2D eigenvalue weighted by molar-refractivity contribution is 0.584. The van der Waals surface area contributed by atoms with Crippen LogP contribution >= 0.6 is 27.7 Å². The third kappa shape index (κ3) is 4.59. The summed E-state index contributed by atoms with van der Waals surface area (Å²) < 4.78 is 24.8. The second-order valence-electron chi connectivity index (χ2n) is 4.08. The monoisotopic (exact) mass is 384 g/mol. The van der Waals surface area contributed by atoms with Crippen molar-refractivity contribution >= 4 is 43.9 Å². The van der Waals surface area contributed by atoms with Crippen molar-refractivity contribution in [3.63, 3.8) is 0 Å². The third-order valence-electron chi connectivity index (χ3n) is 2.63. The van der Waals surface area contributed by atoms with Crippen LogP contribution < -0.4 is 4.83 Å². The van der Waals surface area contributed by atoms with Crippen molar-refractivity contribution in [3.8, 4) is 0 Å².